The zero-order chi connectivity index (χ0) is 11.4. The summed E-state index contributed by atoms with van der Waals surface area (Å²) in [6.07, 6.45) is 1.31. The molecule has 7 heteroatoms. The van der Waals surface area contributed by atoms with E-state index >= 15 is 0 Å². The quantitative estimate of drug-likeness (QED) is 0.841. The van der Waals surface area contributed by atoms with Gasteiger partial charge in [0.15, 0.2) is 6.61 Å². The molecule has 0 fully saturated rings. The molecule has 0 saturated heterocycles. The summed E-state index contributed by atoms with van der Waals surface area (Å²) < 4.78 is 5.03. The van der Waals surface area contributed by atoms with E-state index in [4.69, 9.17) is 33.7 Å². The maximum Gasteiger partial charge on any atom is 0.257 e. The summed E-state index contributed by atoms with van der Waals surface area (Å²) in [5.41, 5.74) is 5.72. The number of likely N-dealkylation sites (N-methyl/N-ethyl adjacent to an activating group) is 1. The maximum absolute atomic E-state index is 10.9. The molecule has 1 aromatic rings. The van der Waals surface area contributed by atoms with Crippen LogP contribution in [0.25, 0.3) is 0 Å². The van der Waals surface area contributed by atoms with Crippen molar-refractivity contribution in [1.82, 2.24) is 10.3 Å². The van der Waals surface area contributed by atoms with Crippen LogP contribution in [0.1, 0.15) is 0 Å². The Balaban J connectivity index is 2.78. The predicted octanol–water partition coefficient (Wildman–Crippen LogP) is 1.10. The molecule has 1 aromatic heterocycles. The molecule has 0 bridgehead atoms. The Morgan fingerprint density at radius 3 is 2.93 bits per heavy atom. The van der Waals surface area contributed by atoms with Gasteiger partial charge >= 0.3 is 0 Å². The lowest BCUT2D eigenvalue weighted by atomic mass is 10.4. The van der Waals surface area contributed by atoms with Gasteiger partial charge in [-0.2, -0.15) is 0 Å². The van der Waals surface area contributed by atoms with Crippen molar-refractivity contribution in [2.75, 3.05) is 19.4 Å². The highest BCUT2D eigenvalue weighted by molar-refractivity contribution is 6.39. The largest absolute Gasteiger partial charge is 0.466 e. The number of nitrogens with two attached hydrogens (primary N) is 1. The number of amides is 1. The van der Waals surface area contributed by atoms with Gasteiger partial charge in [-0.15, -0.1) is 0 Å². The second kappa shape index (κ2) is 5.04. The third-order valence-corrected chi connectivity index (χ3v) is 2.26. The molecule has 0 aliphatic carbocycles. The topological polar surface area (TPSA) is 77.2 Å². The summed E-state index contributed by atoms with van der Waals surface area (Å²) in [5.74, 6) is -0.205. The van der Waals surface area contributed by atoms with E-state index in [0.29, 0.717) is 0 Å². The summed E-state index contributed by atoms with van der Waals surface area (Å²) in [6, 6.07) is 0. The van der Waals surface area contributed by atoms with Crippen LogP contribution in [-0.4, -0.2) is 24.5 Å². The fourth-order valence-corrected chi connectivity index (χ4v) is 1.17. The molecule has 0 radical (unpaired) electrons. The number of halogens is 2. The van der Waals surface area contributed by atoms with Crippen molar-refractivity contribution in [2.24, 2.45) is 0 Å². The van der Waals surface area contributed by atoms with Gasteiger partial charge in [0.05, 0.1) is 16.9 Å². The third-order valence-electron chi connectivity index (χ3n) is 1.60. The molecule has 1 amide bonds. The van der Waals surface area contributed by atoms with Gasteiger partial charge in [-0.3, -0.25) is 4.79 Å². The number of hydrogen-bond donors (Lipinski definition) is 2. The molecule has 1 rings (SSSR count). The summed E-state index contributed by atoms with van der Waals surface area (Å²) in [7, 11) is 1.50. The Morgan fingerprint density at radius 1 is 1.67 bits per heavy atom. The molecule has 82 valence electrons. The third kappa shape index (κ3) is 2.87. The average molecular weight is 250 g/mol. The van der Waals surface area contributed by atoms with Crippen molar-refractivity contribution in [3.63, 3.8) is 0 Å². The lowest BCUT2D eigenvalue weighted by Crippen LogP contribution is -2.25. The number of rotatable bonds is 3. The van der Waals surface area contributed by atoms with E-state index < -0.39 is 0 Å². The molecule has 0 aromatic carbocycles. The van der Waals surface area contributed by atoms with Crippen LogP contribution >= 0.6 is 23.2 Å². The van der Waals surface area contributed by atoms with Crippen LogP contribution in [0.2, 0.25) is 10.0 Å². The van der Waals surface area contributed by atoms with E-state index in [1.54, 1.807) is 0 Å². The lowest BCUT2D eigenvalue weighted by molar-refractivity contribution is -0.122. The number of anilines is 1. The Hall–Kier alpha value is -1.20. The predicted molar refractivity (Wildman–Crippen MR) is 58.2 cm³/mol. The SMILES string of the molecule is CNC(=O)COc1ncc(Cl)c(N)c1Cl. The normalized spacial score (nSPS) is 9.80. The highest BCUT2D eigenvalue weighted by Crippen LogP contribution is 2.32. The van der Waals surface area contributed by atoms with E-state index in [1.165, 1.54) is 13.2 Å². The van der Waals surface area contributed by atoms with Crippen molar-refractivity contribution in [3.8, 4) is 5.88 Å². The zero-order valence-electron chi connectivity index (χ0n) is 7.88. The van der Waals surface area contributed by atoms with Crippen LogP contribution in [-0.2, 0) is 4.79 Å². The molecule has 0 aliphatic rings. The van der Waals surface area contributed by atoms with Gasteiger partial charge < -0.3 is 15.8 Å². The molecule has 0 spiro atoms. The highest BCUT2D eigenvalue weighted by atomic mass is 35.5. The maximum atomic E-state index is 10.9. The molecule has 1 heterocycles. The van der Waals surface area contributed by atoms with E-state index in [9.17, 15) is 4.79 Å². The van der Waals surface area contributed by atoms with E-state index in [-0.39, 0.29) is 34.1 Å². The summed E-state index contributed by atoms with van der Waals surface area (Å²) in [6.45, 7) is -0.176. The first-order valence-corrected chi connectivity index (χ1v) is 4.74. The Kier molecular flexibility index (Phi) is 3.99. The Labute approximate surface area is 96.5 Å². The standard InChI is InChI=1S/C8H9Cl2N3O2/c1-12-5(14)3-15-8-6(10)7(11)4(9)2-13-8/h2H,3H2,1H3,(H2,11,13)(H,12,14). The number of carbonyl (C=O) groups is 1. The van der Waals surface area contributed by atoms with Gasteiger partial charge in [-0.1, -0.05) is 23.2 Å². The molecule has 0 unspecified atom stereocenters. The van der Waals surface area contributed by atoms with Crippen LogP contribution in [0.15, 0.2) is 6.20 Å². The molecular weight excluding hydrogens is 241 g/mol. The van der Waals surface area contributed by atoms with Crippen LogP contribution in [0, 0.1) is 0 Å². The van der Waals surface area contributed by atoms with Crippen molar-refractivity contribution >= 4 is 34.8 Å². The second-order valence-electron chi connectivity index (χ2n) is 2.60. The monoisotopic (exact) mass is 249 g/mol. The smallest absolute Gasteiger partial charge is 0.257 e. The Morgan fingerprint density at radius 2 is 2.33 bits per heavy atom. The van der Waals surface area contributed by atoms with E-state index in [1.807, 2.05) is 0 Å². The first kappa shape index (κ1) is 11.9. The first-order chi connectivity index (χ1) is 7.06. The summed E-state index contributed by atoms with van der Waals surface area (Å²) in [5, 5.41) is 2.73. The minimum Gasteiger partial charge on any atom is -0.466 e. The fourth-order valence-electron chi connectivity index (χ4n) is 0.768. The number of carbonyl (C=O) groups excluding carboxylic acids is 1. The van der Waals surface area contributed by atoms with Crippen molar-refractivity contribution in [1.29, 1.82) is 0 Å². The van der Waals surface area contributed by atoms with Crippen molar-refractivity contribution in [2.45, 2.75) is 0 Å². The molecule has 15 heavy (non-hydrogen) atoms. The molecule has 3 N–H and O–H groups in total. The zero-order valence-corrected chi connectivity index (χ0v) is 9.39. The molecule has 5 nitrogen and oxygen atoms in total. The first-order valence-electron chi connectivity index (χ1n) is 3.99. The van der Waals surface area contributed by atoms with E-state index in [0.717, 1.165) is 0 Å². The number of nitrogens with one attached hydrogen (secondary N) is 1. The lowest BCUT2D eigenvalue weighted by Gasteiger charge is -2.08. The molecule has 0 saturated carbocycles. The molecular formula is C8H9Cl2N3O2. The number of aromatic nitrogens is 1. The van der Waals surface area contributed by atoms with E-state index in [2.05, 4.69) is 10.3 Å². The van der Waals surface area contributed by atoms with Gasteiger partial charge in [0.25, 0.3) is 5.91 Å². The van der Waals surface area contributed by atoms with Gasteiger partial charge in [0, 0.05) is 7.05 Å². The minimum absolute atomic E-state index is 0.0853. The van der Waals surface area contributed by atoms with Gasteiger partial charge in [-0.25, -0.2) is 4.98 Å². The van der Waals surface area contributed by atoms with Crippen LogP contribution in [0.4, 0.5) is 5.69 Å². The number of nitrogen functional groups attached to an aromatic ring is 1. The number of pyridine rings is 1. The minimum atomic E-state index is -0.290. The number of nitrogens with zero attached hydrogens (tertiary/aromatic N) is 1. The number of hydrogen-bond acceptors (Lipinski definition) is 4. The number of ether oxygens (including phenoxy) is 1. The second-order valence-corrected chi connectivity index (χ2v) is 3.39. The molecule has 0 aliphatic heterocycles. The average Bonchev–Trinajstić information content (AvgIpc) is 2.24. The van der Waals surface area contributed by atoms with Gasteiger partial charge in [0.1, 0.15) is 5.02 Å². The van der Waals surface area contributed by atoms with Gasteiger partial charge in [0.2, 0.25) is 5.88 Å². The van der Waals surface area contributed by atoms with Crippen molar-refractivity contribution < 1.29 is 9.53 Å². The summed E-state index contributed by atoms with van der Waals surface area (Å²) >= 11 is 11.5. The Bertz CT molecular complexity index is 384. The van der Waals surface area contributed by atoms with Crippen molar-refractivity contribution in [3.05, 3.63) is 16.2 Å². The fraction of sp³-hybridized carbons (Fsp3) is 0.250. The molecule has 0 atom stereocenters. The van der Waals surface area contributed by atoms with Crippen LogP contribution in [0.5, 0.6) is 5.88 Å². The summed E-state index contributed by atoms with van der Waals surface area (Å²) in [4.78, 5) is 14.7. The van der Waals surface area contributed by atoms with Crippen LogP contribution in [0.3, 0.4) is 0 Å². The van der Waals surface area contributed by atoms with Gasteiger partial charge in [-0.05, 0) is 0 Å². The van der Waals surface area contributed by atoms with Crippen LogP contribution < -0.4 is 15.8 Å². The highest BCUT2D eigenvalue weighted by Gasteiger charge is 2.11.